The number of ether oxygens (including phenoxy) is 1. The number of aromatic nitrogens is 3. The van der Waals surface area contributed by atoms with Gasteiger partial charge in [-0.1, -0.05) is 12.1 Å². The minimum Gasteiger partial charge on any atom is -0.448 e. The van der Waals surface area contributed by atoms with Gasteiger partial charge in [-0.2, -0.15) is 0 Å². The highest BCUT2D eigenvalue weighted by Gasteiger charge is 2.22. The summed E-state index contributed by atoms with van der Waals surface area (Å²) in [5.41, 5.74) is 0.724. The Kier molecular flexibility index (Phi) is 4.59. The van der Waals surface area contributed by atoms with Crippen LogP contribution in [-0.4, -0.2) is 45.0 Å². The maximum absolute atomic E-state index is 12.7. The van der Waals surface area contributed by atoms with Crippen LogP contribution in [-0.2, 0) is 11.3 Å². The molecule has 2 aromatic heterocycles. The lowest BCUT2D eigenvalue weighted by atomic mass is 10.1. The lowest BCUT2D eigenvalue weighted by molar-refractivity contribution is 0.102. The average molecular weight is 395 g/mol. The molecule has 1 fully saturated rings. The SMILES string of the molecule is Cc1cc(C(=O)Nc2cccc(CN3CCOC3=O)c2)nc2[nH]c(=O)[nH]c(=O)c12. The molecule has 148 valence electrons. The van der Waals surface area contributed by atoms with Crippen LogP contribution in [0.25, 0.3) is 11.0 Å². The van der Waals surface area contributed by atoms with Crippen molar-refractivity contribution in [2.24, 2.45) is 0 Å². The van der Waals surface area contributed by atoms with E-state index in [2.05, 4.69) is 20.3 Å². The van der Waals surface area contributed by atoms with Gasteiger partial charge in [0, 0.05) is 12.2 Å². The largest absolute Gasteiger partial charge is 0.448 e. The molecule has 1 aromatic carbocycles. The summed E-state index contributed by atoms with van der Waals surface area (Å²) in [7, 11) is 0. The van der Waals surface area contributed by atoms with E-state index in [9.17, 15) is 19.2 Å². The highest BCUT2D eigenvalue weighted by molar-refractivity contribution is 6.04. The summed E-state index contributed by atoms with van der Waals surface area (Å²) >= 11 is 0. The molecular weight excluding hydrogens is 378 g/mol. The number of nitrogens with zero attached hydrogens (tertiary/aromatic N) is 2. The quantitative estimate of drug-likeness (QED) is 0.605. The number of nitrogens with one attached hydrogen (secondary N) is 3. The van der Waals surface area contributed by atoms with Gasteiger partial charge in [0.25, 0.3) is 11.5 Å². The van der Waals surface area contributed by atoms with Crippen molar-refractivity contribution in [1.29, 1.82) is 0 Å². The molecule has 0 atom stereocenters. The second kappa shape index (κ2) is 7.23. The second-order valence-corrected chi connectivity index (χ2v) is 6.65. The van der Waals surface area contributed by atoms with Gasteiger partial charge in [-0.15, -0.1) is 0 Å². The Bertz CT molecular complexity index is 1250. The van der Waals surface area contributed by atoms with Crippen LogP contribution >= 0.6 is 0 Å². The fourth-order valence-corrected chi connectivity index (χ4v) is 3.20. The van der Waals surface area contributed by atoms with E-state index in [0.29, 0.717) is 30.9 Å². The maximum atomic E-state index is 12.7. The van der Waals surface area contributed by atoms with Gasteiger partial charge >= 0.3 is 11.8 Å². The number of anilines is 1. The average Bonchev–Trinajstić information content (AvgIpc) is 3.05. The summed E-state index contributed by atoms with van der Waals surface area (Å²) in [6.07, 6.45) is -0.362. The molecule has 0 radical (unpaired) electrons. The Balaban J connectivity index is 1.58. The Labute approximate surface area is 163 Å². The standard InChI is InChI=1S/C19H17N5O5/c1-10-7-13(21-15-14(10)17(26)23-18(27)22-15)16(25)20-12-4-2-3-11(8-12)9-24-5-6-29-19(24)28/h2-4,7-8H,5-6,9H2,1H3,(H,20,25)(H2,21,22,23,26,27). The normalized spacial score (nSPS) is 13.6. The zero-order chi connectivity index (χ0) is 20.5. The summed E-state index contributed by atoms with van der Waals surface area (Å²) in [6, 6.07) is 8.56. The van der Waals surface area contributed by atoms with Gasteiger partial charge < -0.3 is 15.0 Å². The van der Waals surface area contributed by atoms with E-state index in [1.165, 1.54) is 6.07 Å². The van der Waals surface area contributed by atoms with E-state index in [0.717, 1.165) is 5.56 Å². The van der Waals surface area contributed by atoms with Crippen molar-refractivity contribution in [2.75, 3.05) is 18.5 Å². The molecule has 0 unspecified atom stereocenters. The second-order valence-electron chi connectivity index (χ2n) is 6.65. The number of amides is 2. The lowest BCUT2D eigenvalue weighted by Gasteiger charge is -2.13. The number of carbonyl (C=O) groups is 2. The van der Waals surface area contributed by atoms with Crippen LogP contribution in [0.15, 0.2) is 39.9 Å². The van der Waals surface area contributed by atoms with Crippen molar-refractivity contribution in [3.63, 3.8) is 0 Å². The van der Waals surface area contributed by atoms with Crippen molar-refractivity contribution in [2.45, 2.75) is 13.5 Å². The molecule has 3 N–H and O–H groups in total. The van der Waals surface area contributed by atoms with Crippen LogP contribution in [0.3, 0.4) is 0 Å². The van der Waals surface area contributed by atoms with Crippen LogP contribution in [0.5, 0.6) is 0 Å². The van der Waals surface area contributed by atoms with Gasteiger partial charge in [-0.3, -0.25) is 19.6 Å². The van der Waals surface area contributed by atoms with Crippen LogP contribution in [0.4, 0.5) is 10.5 Å². The Hall–Kier alpha value is -3.95. The first-order chi connectivity index (χ1) is 13.9. The van der Waals surface area contributed by atoms with Crippen LogP contribution < -0.4 is 16.6 Å². The summed E-state index contributed by atoms with van der Waals surface area (Å²) < 4.78 is 4.91. The molecule has 2 amide bonds. The van der Waals surface area contributed by atoms with E-state index in [1.807, 2.05) is 6.07 Å². The summed E-state index contributed by atoms with van der Waals surface area (Å²) in [4.78, 5) is 57.9. The molecular formula is C19H17N5O5. The minimum atomic E-state index is -0.694. The first-order valence-electron chi connectivity index (χ1n) is 8.86. The number of cyclic esters (lactones) is 1. The Morgan fingerprint density at radius 1 is 1.24 bits per heavy atom. The number of carbonyl (C=O) groups excluding carboxylic acids is 2. The molecule has 1 aliphatic heterocycles. The molecule has 0 spiro atoms. The van der Waals surface area contributed by atoms with Gasteiger partial charge in [0.15, 0.2) is 0 Å². The third-order valence-electron chi connectivity index (χ3n) is 4.54. The molecule has 10 heteroatoms. The highest BCUT2D eigenvalue weighted by Crippen LogP contribution is 2.17. The summed E-state index contributed by atoms with van der Waals surface area (Å²) in [6.45, 7) is 2.92. The van der Waals surface area contributed by atoms with E-state index >= 15 is 0 Å². The zero-order valence-electron chi connectivity index (χ0n) is 15.4. The molecule has 3 heterocycles. The first-order valence-corrected chi connectivity index (χ1v) is 8.86. The Morgan fingerprint density at radius 2 is 2.07 bits per heavy atom. The van der Waals surface area contributed by atoms with Gasteiger partial charge in [0.2, 0.25) is 0 Å². The molecule has 0 bridgehead atoms. The maximum Gasteiger partial charge on any atom is 0.410 e. The number of rotatable bonds is 4. The number of aryl methyl sites for hydroxylation is 1. The summed E-state index contributed by atoms with van der Waals surface area (Å²) in [5, 5.41) is 2.96. The molecule has 0 aliphatic carbocycles. The molecule has 29 heavy (non-hydrogen) atoms. The van der Waals surface area contributed by atoms with Crippen molar-refractivity contribution in [1.82, 2.24) is 19.9 Å². The Morgan fingerprint density at radius 3 is 2.83 bits per heavy atom. The van der Waals surface area contributed by atoms with Crippen molar-refractivity contribution in [3.8, 4) is 0 Å². The molecule has 3 aromatic rings. The molecule has 1 saturated heterocycles. The van der Waals surface area contributed by atoms with Crippen LogP contribution in [0.1, 0.15) is 21.6 Å². The van der Waals surface area contributed by atoms with Gasteiger partial charge in [-0.25, -0.2) is 14.6 Å². The first kappa shape index (κ1) is 18.4. The van der Waals surface area contributed by atoms with Crippen LogP contribution in [0.2, 0.25) is 0 Å². The number of fused-ring (bicyclic) bond motifs is 1. The highest BCUT2D eigenvalue weighted by atomic mass is 16.6. The molecule has 4 rings (SSSR count). The molecule has 1 aliphatic rings. The monoisotopic (exact) mass is 395 g/mol. The van der Waals surface area contributed by atoms with Crippen molar-refractivity contribution in [3.05, 3.63) is 68.0 Å². The third-order valence-corrected chi connectivity index (χ3v) is 4.54. The predicted molar refractivity (Wildman–Crippen MR) is 104 cm³/mol. The van der Waals surface area contributed by atoms with E-state index in [1.54, 1.807) is 30.0 Å². The number of pyridine rings is 1. The minimum absolute atomic E-state index is 0.0465. The smallest absolute Gasteiger partial charge is 0.410 e. The van der Waals surface area contributed by atoms with E-state index < -0.39 is 17.2 Å². The van der Waals surface area contributed by atoms with Gasteiger partial charge in [0.1, 0.15) is 17.9 Å². The van der Waals surface area contributed by atoms with Gasteiger partial charge in [-0.05, 0) is 36.2 Å². The van der Waals surface area contributed by atoms with Crippen LogP contribution in [0, 0.1) is 6.92 Å². The fraction of sp³-hybridized carbons (Fsp3) is 0.211. The van der Waals surface area contributed by atoms with E-state index in [4.69, 9.17) is 4.74 Å². The number of benzene rings is 1. The van der Waals surface area contributed by atoms with Crippen molar-refractivity contribution >= 4 is 28.7 Å². The number of H-pyrrole nitrogens is 2. The fourth-order valence-electron chi connectivity index (χ4n) is 3.20. The number of aromatic amines is 2. The zero-order valence-corrected chi connectivity index (χ0v) is 15.4. The molecule has 10 nitrogen and oxygen atoms in total. The molecule has 0 saturated carbocycles. The third kappa shape index (κ3) is 3.72. The predicted octanol–water partition coefficient (Wildman–Crippen LogP) is 1.12. The number of hydrogen-bond acceptors (Lipinski definition) is 6. The topological polar surface area (TPSA) is 137 Å². The summed E-state index contributed by atoms with van der Waals surface area (Å²) in [5.74, 6) is -0.492. The van der Waals surface area contributed by atoms with Crippen molar-refractivity contribution < 1.29 is 14.3 Å². The van der Waals surface area contributed by atoms with E-state index in [-0.39, 0.29) is 22.8 Å². The van der Waals surface area contributed by atoms with Gasteiger partial charge in [0.05, 0.1) is 11.9 Å². The lowest BCUT2D eigenvalue weighted by Crippen LogP contribution is -2.24. The number of hydrogen-bond donors (Lipinski definition) is 3.